The van der Waals surface area contributed by atoms with E-state index >= 15 is 0 Å². The Morgan fingerprint density at radius 3 is 2.26 bits per heavy atom. The number of hydrogen-bond acceptors (Lipinski definition) is 3. The van der Waals surface area contributed by atoms with E-state index in [4.69, 9.17) is 5.73 Å². The van der Waals surface area contributed by atoms with Gasteiger partial charge in [0.05, 0.1) is 4.75 Å². The van der Waals surface area contributed by atoms with Gasteiger partial charge in [0.1, 0.15) is 0 Å². The quantitative estimate of drug-likeness (QED) is 0.819. The smallest absolute Gasteiger partial charge is 0.234 e. The van der Waals surface area contributed by atoms with Crippen molar-refractivity contribution in [1.82, 2.24) is 5.32 Å². The lowest BCUT2D eigenvalue weighted by Crippen LogP contribution is -2.42. The molecule has 0 radical (unpaired) electrons. The van der Waals surface area contributed by atoms with Crippen molar-refractivity contribution in [1.29, 1.82) is 0 Å². The van der Waals surface area contributed by atoms with Crippen molar-refractivity contribution < 1.29 is 4.79 Å². The number of carbonyl (C=O) groups excluding carboxylic acids is 1. The van der Waals surface area contributed by atoms with Crippen molar-refractivity contribution in [2.45, 2.75) is 48.2 Å². The molecule has 1 aliphatic carbocycles. The Morgan fingerprint density at radius 1 is 0.926 bits per heavy atom. The van der Waals surface area contributed by atoms with E-state index in [1.807, 2.05) is 6.07 Å². The van der Waals surface area contributed by atoms with Gasteiger partial charge in [-0.05, 0) is 80.3 Å². The number of thioether (sulfide) groups is 1. The fourth-order valence-electron chi connectivity index (χ4n) is 4.71. The Kier molecular flexibility index (Phi) is 5.29. The Morgan fingerprint density at radius 2 is 1.59 bits per heavy atom. The number of carbonyl (C=O) groups is 1. The molecule has 1 saturated heterocycles. The van der Waals surface area contributed by atoms with Crippen LogP contribution in [0.4, 0.5) is 0 Å². The number of rotatable bonds is 5. The van der Waals surface area contributed by atoms with E-state index in [9.17, 15) is 4.79 Å². The summed E-state index contributed by atoms with van der Waals surface area (Å²) in [5, 5.41) is 3.45. The zero-order valence-corrected chi connectivity index (χ0v) is 16.6. The van der Waals surface area contributed by atoms with Gasteiger partial charge < -0.3 is 11.1 Å². The highest BCUT2D eigenvalue weighted by Gasteiger charge is 2.52. The number of primary amides is 1. The molecule has 2 aromatic carbocycles. The van der Waals surface area contributed by atoms with Gasteiger partial charge in [-0.1, -0.05) is 42.5 Å². The predicted molar refractivity (Wildman–Crippen MR) is 112 cm³/mol. The van der Waals surface area contributed by atoms with Crippen molar-refractivity contribution in [3.63, 3.8) is 0 Å². The van der Waals surface area contributed by atoms with E-state index in [1.54, 1.807) is 11.8 Å². The molecule has 0 aromatic heterocycles. The molecule has 142 valence electrons. The maximum atomic E-state index is 12.4. The molecule has 1 saturated carbocycles. The molecule has 2 aromatic rings. The third-order valence-electron chi connectivity index (χ3n) is 6.32. The first-order valence-corrected chi connectivity index (χ1v) is 10.7. The van der Waals surface area contributed by atoms with Crippen molar-refractivity contribution in [2.24, 2.45) is 11.1 Å². The first kappa shape index (κ1) is 18.6. The van der Waals surface area contributed by atoms with Crippen LogP contribution in [0.2, 0.25) is 0 Å². The monoisotopic (exact) mass is 380 g/mol. The van der Waals surface area contributed by atoms with Crippen LogP contribution in [0.3, 0.4) is 0 Å². The summed E-state index contributed by atoms with van der Waals surface area (Å²) in [4.78, 5) is 13.6. The minimum atomic E-state index is -0.446. The number of piperidine rings is 1. The Balaban J connectivity index is 1.47. The Bertz CT molecular complexity index is 784. The number of nitrogens with two attached hydrogens (primary N) is 1. The molecule has 4 rings (SSSR count). The minimum absolute atomic E-state index is 0.142. The van der Waals surface area contributed by atoms with Crippen LogP contribution in [0.15, 0.2) is 59.5 Å². The first-order valence-electron chi connectivity index (χ1n) is 9.92. The van der Waals surface area contributed by atoms with Gasteiger partial charge in [0, 0.05) is 4.90 Å². The Hall–Kier alpha value is -1.78. The van der Waals surface area contributed by atoms with Gasteiger partial charge in [0.2, 0.25) is 5.91 Å². The summed E-state index contributed by atoms with van der Waals surface area (Å²) in [5.41, 5.74) is 8.84. The zero-order valence-electron chi connectivity index (χ0n) is 15.7. The van der Waals surface area contributed by atoms with Gasteiger partial charge in [0.25, 0.3) is 0 Å². The molecular weight excluding hydrogens is 352 g/mol. The maximum absolute atomic E-state index is 12.4. The lowest BCUT2D eigenvalue weighted by molar-refractivity contribution is -0.120. The van der Waals surface area contributed by atoms with Gasteiger partial charge in [-0.2, -0.15) is 0 Å². The molecule has 3 nitrogen and oxygen atoms in total. The standard InChI is InChI=1S/C23H28N2OS/c24-21(26)23(11-10-22(17-23)12-14-25-15-13-22)27-20-8-6-19(7-9-20)16-18-4-2-1-3-5-18/h1-9,25H,10-17H2,(H2,24,26). The molecule has 1 aliphatic heterocycles. The summed E-state index contributed by atoms with van der Waals surface area (Å²) in [5.74, 6) is -0.142. The van der Waals surface area contributed by atoms with Crippen LogP contribution in [0, 0.1) is 5.41 Å². The highest BCUT2D eigenvalue weighted by atomic mass is 32.2. The van der Waals surface area contributed by atoms with E-state index in [0.29, 0.717) is 5.41 Å². The highest BCUT2D eigenvalue weighted by Crippen LogP contribution is 2.56. The average molecular weight is 381 g/mol. The summed E-state index contributed by atoms with van der Waals surface area (Å²) >= 11 is 1.69. The number of amides is 1. The third kappa shape index (κ3) is 4.07. The fourth-order valence-corrected chi connectivity index (χ4v) is 6.12. The van der Waals surface area contributed by atoms with Crippen LogP contribution in [0.5, 0.6) is 0 Å². The van der Waals surface area contributed by atoms with Gasteiger partial charge >= 0.3 is 0 Å². The van der Waals surface area contributed by atoms with Crippen LogP contribution >= 0.6 is 11.8 Å². The SMILES string of the molecule is NC(=O)C1(Sc2ccc(Cc3ccccc3)cc2)CCC2(CCNCC2)C1. The molecule has 1 amide bonds. The molecular formula is C23H28N2OS. The van der Waals surface area contributed by atoms with Gasteiger partial charge in [-0.3, -0.25) is 4.79 Å². The summed E-state index contributed by atoms with van der Waals surface area (Å²) in [6.07, 6.45) is 6.21. The van der Waals surface area contributed by atoms with E-state index in [2.05, 4.69) is 53.8 Å². The lowest BCUT2D eigenvalue weighted by atomic mass is 9.77. The average Bonchev–Trinajstić information content (AvgIpc) is 3.04. The molecule has 4 heteroatoms. The zero-order chi connectivity index (χ0) is 18.7. The molecule has 3 N–H and O–H groups in total. The predicted octanol–water partition coefficient (Wildman–Crippen LogP) is 4.15. The molecule has 1 unspecified atom stereocenters. The topological polar surface area (TPSA) is 55.1 Å². The second kappa shape index (κ2) is 7.69. The molecule has 1 atom stereocenters. The second-order valence-electron chi connectivity index (χ2n) is 8.19. The van der Waals surface area contributed by atoms with Crippen LogP contribution in [-0.2, 0) is 11.2 Å². The van der Waals surface area contributed by atoms with Crippen molar-refractivity contribution in [2.75, 3.05) is 13.1 Å². The summed E-state index contributed by atoms with van der Waals surface area (Å²) < 4.78 is -0.446. The molecule has 2 aliphatic rings. The minimum Gasteiger partial charge on any atom is -0.368 e. The van der Waals surface area contributed by atoms with Crippen LogP contribution < -0.4 is 11.1 Å². The van der Waals surface area contributed by atoms with Gasteiger partial charge in [-0.15, -0.1) is 11.8 Å². The highest BCUT2D eigenvalue weighted by molar-refractivity contribution is 8.01. The lowest BCUT2D eigenvalue weighted by Gasteiger charge is -2.35. The molecule has 0 bridgehead atoms. The van der Waals surface area contributed by atoms with E-state index in [-0.39, 0.29) is 5.91 Å². The van der Waals surface area contributed by atoms with Crippen molar-refractivity contribution in [3.8, 4) is 0 Å². The largest absolute Gasteiger partial charge is 0.368 e. The second-order valence-corrected chi connectivity index (χ2v) is 9.65. The third-order valence-corrected chi connectivity index (χ3v) is 7.77. The number of hydrogen-bond donors (Lipinski definition) is 2. The number of nitrogens with one attached hydrogen (secondary N) is 1. The normalized spacial score (nSPS) is 24.1. The maximum Gasteiger partial charge on any atom is 0.234 e. The Labute approximate surface area is 166 Å². The summed E-state index contributed by atoms with van der Waals surface area (Å²) in [7, 11) is 0. The van der Waals surface area contributed by atoms with E-state index in [1.165, 1.54) is 24.0 Å². The first-order chi connectivity index (χ1) is 13.1. The van der Waals surface area contributed by atoms with Crippen LogP contribution in [-0.4, -0.2) is 23.7 Å². The van der Waals surface area contributed by atoms with Gasteiger partial charge in [-0.25, -0.2) is 0 Å². The van der Waals surface area contributed by atoms with Crippen LogP contribution in [0.25, 0.3) is 0 Å². The summed E-state index contributed by atoms with van der Waals surface area (Å²) in [6.45, 7) is 2.13. The summed E-state index contributed by atoms with van der Waals surface area (Å²) in [6, 6.07) is 19.2. The van der Waals surface area contributed by atoms with Crippen molar-refractivity contribution in [3.05, 3.63) is 65.7 Å². The van der Waals surface area contributed by atoms with Gasteiger partial charge in [0.15, 0.2) is 0 Å². The molecule has 27 heavy (non-hydrogen) atoms. The van der Waals surface area contributed by atoms with Crippen LogP contribution in [0.1, 0.15) is 43.2 Å². The van der Waals surface area contributed by atoms with Crippen molar-refractivity contribution >= 4 is 17.7 Å². The number of benzene rings is 2. The van der Waals surface area contributed by atoms with E-state index < -0.39 is 4.75 Å². The molecule has 1 heterocycles. The fraction of sp³-hybridized carbons (Fsp3) is 0.435. The van der Waals surface area contributed by atoms with E-state index in [0.717, 1.165) is 43.7 Å². The molecule has 1 spiro atoms. The molecule has 2 fully saturated rings.